The molecule has 174 valence electrons. The van der Waals surface area contributed by atoms with Crippen molar-refractivity contribution < 1.29 is 19.0 Å². The van der Waals surface area contributed by atoms with Crippen LogP contribution in [0.25, 0.3) is 0 Å². The van der Waals surface area contributed by atoms with Gasteiger partial charge in [-0.3, -0.25) is 9.89 Å². The van der Waals surface area contributed by atoms with Crippen molar-refractivity contribution in [2.75, 3.05) is 65.7 Å². The third-order valence-electron chi connectivity index (χ3n) is 6.07. The molecular formula is C23H37FN4O3. The molecule has 31 heavy (non-hydrogen) atoms. The summed E-state index contributed by atoms with van der Waals surface area (Å²) in [4.78, 5) is 6.87. The number of nitrogens with one attached hydrogen (secondary N) is 2. The van der Waals surface area contributed by atoms with Crippen molar-refractivity contribution >= 4 is 5.96 Å². The van der Waals surface area contributed by atoms with E-state index in [2.05, 4.69) is 20.5 Å². The Kier molecular flexibility index (Phi) is 8.66. The summed E-state index contributed by atoms with van der Waals surface area (Å²) in [6, 6.07) is 6.87. The maximum Gasteiger partial charge on any atom is 0.191 e. The minimum atomic E-state index is -0.932. The fraction of sp³-hybridized carbons (Fsp3) is 0.696. The van der Waals surface area contributed by atoms with Crippen LogP contribution >= 0.6 is 0 Å². The van der Waals surface area contributed by atoms with Gasteiger partial charge in [0.05, 0.1) is 25.4 Å². The van der Waals surface area contributed by atoms with Crippen molar-refractivity contribution in [2.45, 2.75) is 37.7 Å². The first-order valence-corrected chi connectivity index (χ1v) is 11.3. The van der Waals surface area contributed by atoms with Gasteiger partial charge in [-0.1, -0.05) is 12.1 Å². The van der Waals surface area contributed by atoms with Crippen LogP contribution < -0.4 is 10.6 Å². The van der Waals surface area contributed by atoms with Crippen molar-refractivity contribution in [3.8, 4) is 0 Å². The van der Waals surface area contributed by atoms with Crippen molar-refractivity contribution in [1.29, 1.82) is 0 Å². The highest BCUT2D eigenvalue weighted by Crippen LogP contribution is 2.34. The first-order chi connectivity index (χ1) is 14.9. The van der Waals surface area contributed by atoms with E-state index in [1.807, 2.05) is 19.9 Å². The molecule has 1 unspecified atom stereocenters. The number of nitrogens with zero attached hydrogens (tertiary/aromatic N) is 2. The molecule has 2 aliphatic heterocycles. The summed E-state index contributed by atoms with van der Waals surface area (Å²) in [5, 5.41) is 17.6. The first kappa shape index (κ1) is 23.9. The van der Waals surface area contributed by atoms with Gasteiger partial charge in [-0.2, -0.15) is 0 Å². The van der Waals surface area contributed by atoms with Crippen molar-refractivity contribution in [1.82, 2.24) is 15.5 Å². The molecule has 0 aliphatic carbocycles. The lowest BCUT2D eigenvalue weighted by Gasteiger charge is -2.38. The van der Waals surface area contributed by atoms with Crippen LogP contribution in [-0.2, 0) is 14.9 Å². The van der Waals surface area contributed by atoms with Gasteiger partial charge < -0.3 is 25.2 Å². The van der Waals surface area contributed by atoms with Gasteiger partial charge in [-0.25, -0.2) is 4.39 Å². The van der Waals surface area contributed by atoms with Gasteiger partial charge in [0.25, 0.3) is 0 Å². The predicted molar refractivity (Wildman–Crippen MR) is 120 cm³/mol. The van der Waals surface area contributed by atoms with E-state index < -0.39 is 5.60 Å². The Labute approximate surface area is 185 Å². The van der Waals surface area contributed by atoms with Crippen molar-refractivity contribution in [3.63, 3.8) is 0 Å². The van der Waals surface area contributed by atoms with Crippen LogP contribution in [0.4, 0.5) is 4.39 Å². The van der Waals surface area contributed by atoms with Gasteiger partial charge in [0.1, 0.15) is 5.82 Å². The van der Waals surface area contributed by atoms with Crippen LogP contribution in [0, 0.1) is 5.82 Å². The number of guanidine groups is 1. The Hall–Kier alpha value is -1.74. The normalized spacial score (nSPS) is 22.0. The number of ether oxygens (including phenoxy) is 2. The van der Waals surface area contributed by atoms with E-state index in [0.29, 0.717) is 52.0 Å². The second-order valence-electron chi connectivity index (χ2n) is 8.84. The van der Waals surface area contributed by atoms with Crippen LogP contribution in [0.1, 0.15) is 32.3 Å². The number of β-amino-alcohol motifs (C(OH)–C–C–N with tert-alkyl or cyclic N) is 1. The lowest BCUT2D eigenvalue weighted by molar-refractivity contribution is -0.0180. The monoisotopic (exact) mass is 436 g/mol. The second-order valence-corrected chi connectivity index (χ2v) is 8.84. The summed E-state index contributed by atoms with van der Waals surface area (Å²) < 4.78 is 24.9. The van der Waals surface area contributed by atoms with Crippen LogP contribution in [0.3, 0.4) is 0 Å². The molecule has 0 amide bonds. The summed E-state index contributed by atoms with van der Waals surface area (Å²) in [5.41, 5.74) is -0.163. The summed E-state index contributed by atoms with van der Waals surface area (Å²) in [6.45, 7) is 10.4. The molecule has 1 aromatic carbocycles. The molecule has 0 spiro atoms. The Morgan fingerprint density at radius 2 is 1.90 bits per heavy atom. The molecule has 0 bridgehead atoms. The molecule has 1 atom stereocenters. The number of halogens is 1. The Morgan fingerprint density at radius 3 is 2.58 bits per heavy atom. The first-order valence-electron chi connectivity index (χ1n) is 11.3. The highest BCUT2D eigenvalue weighted by atomic mass is 19.1. The number of hydrogen-bond donors (Lipinski definition) is 3. The zero-order valence-electron chi connectivity index (χ0n) is 18.8. The molecule has 2 heterocycles. The fourth-order valence-electron chi connectivity index (χ4n) is 4.28. The standard InChI is InChI=1S/C23H37FN4O3/c1-3-25-21(26-16-22(2,29)18-28-9-13-31-14-10-28)27-17-23(7-11-30-12-8-23)19-5-4-6-20(24)15-19/h4-6,15,29H,3,7-14,16-18H2,1-2H3,(H2,25,26,27). The molecule has 0 radical (unpaired) electrons. The van der Waals surface area contributed by atoms with Gasteiger partial charge in [0.2, 0.25) is 0 Å². The number of aliphatic hydroxyl groups is 1. The van der Waals surface area contributed by atoms with E-state index in [9.17, 15) is 9.50 Å². The Bertz CT molecular complexity index is 717. The molecule has 8 heteroatoms. The Morgan fingerprint density at radius 1 is 1.19 bits per heavy atom. The summed E-state index contributed by atoms with van der Waals surface area (Å²) in [5.74, 6) is 0.440. The fourth-order valence-corrected chi connectivity index (χ4v) is 4.28. The number of benzene rings is 1. The topological polar surface area (TPSA) is 78.4 Å². The van der Waals surface area contributed by atoms with E-state index in [1.54, 1.807) is 12.1 Å². The van der Waals surface area contributed by atoms with Crippen LogP contribution in [-0.4, -0.2) is 87.3 Å². The molecule has 7 nitrogen and oxygen atoms in total. The van der Waals surface area contributed by atoms with Gasteiger partial charge in [-0.05, 0) is 44.4 Å². The maximum absolute atomic E-state index is 13.9. The van der Waals surface area contributed by atoms with Crippen molar-refractivity contribution in [2.24, 2.45) is 4.99 Å². The van der Waals surface area contributed by atoms with E-state index >= 15 is 0 Å². The minimum absolute atomic E-state index is 0.215. The smallest absolute Gasteiger partial charge is 0.191 e. The molecular weight excluding hydrogens is 399 g/mol. The van der Waals surface area contributed by atoms with E-state index in [4.69, 9.17) is 9.47 Å². The zero-order chi connectivity index (χ0) is 22.2. The summed E-state index contributed by atoms with van der Waals surface area (Å²) in [7, 11) is 0. The highest BCUT2D eigenvalue weighted by molar-refractivity contribution is 5.80. The predicted octanol–water partition coefficient (Wildman–Crippen LogP) is 1.51. The average Bonchev–Trinajstić information content (AvgIpc) is 2.77. The van der Waals surface area contributed by atoms with Gasteiger partial charge in [0, 0.05) is 51.4 Å². The van der Waals surface area contributed by atoms with Crippen LogP contribution in [0.5, 0.6) is 0 Å². The maximum atomic E-state index is 13.9. The molecule has 3 N–H and O–H groups in total. The highest BCUT2D eigenvalue weighted by Gasteiger charge is 2.35. The van der Waals surface area contributed by atoms with Crippen LogP contribution in [0.15, 0.2) is 29.3 Å². The number of aliphatic imine (C=N–C) groups is 1. The van der Waals surface area contributed by atoms with E-state index in [1.165, 1.54) is 6.07 Å². The minimum Gasteiger partial charge on any atom is -0.387 e. The number of hydrogen-bond acceptors (Lipinski definition) is 5. The number of rotatable bonds is 8. The Balaban J connectivity index is 1.66. The SMILES string of the molecule is CCNC(=NCC(C)(O)CN1CCOCC1)NCC1(c2cccc(F)c2)CCOCC1. The summed E-state index contributed by atoms with van der Waals surface area (Å²) >= 11 is 0. The third kappa shape index (κ3) is 7.14. The van der Waals surface area contributed by atoms with Crippen molar-refractivity contribution in [3.05, 3.63) is 35.6 Å². The molecule has 0 aromatic heterocycles. The largest absolute Gasteiger partial charge is 0.387 e. The summed E-state index contributed by atoms with van der Waals surface area (Å²) in [6.07, 6.45) is 1.63. The quantitative estimate of drug-likeness (QED) is 0.424. The number of morpholine rings is 1. The second kappa shape index (κ2) is 11.2. The van der Waals surface area contributed by atoms with E-state index in [-0.39, 0.29) is 17.8 Å². The third-order valence-corrected chi connectivity index (χ3v) is 6.07. The van der Waals surface area contributed by atoms with Gasteiger partial charge in [0.15, 0.2) is 5.96 Å². The van der Waals surface area contributed by atoms with E-state index in [0.717, 1.165) is 31.5 Å². The van der Waals surface area contributed by atoms with Crippen LogP contribution in [0.2, 0.25) is 0 Å². The van der Waals surface area contributed by atoms with Gasteiger partial charge >= 0.3 is 0 Å². The lowest BCUT2D eigenvalue weighted by atomic mass is 9.74. The zero-order valence-corrected chi connectivity index (χ0v) is 18.8. The average molecular weight is 437 g/mol. The lowest BCUT2D eigenvalue weighted by Crippen LogP contribution is -2.50. The van der Waals surface area contributed by atoms with Gasteiger partial charge in [-0.15, -0.1) is 0 Å². The molecule has 1 aromatic rings. The molecule has 2 saturated heterocycles. The molecule has 3 rings (SSSR count). The molecule has 2 fully saturated rings. The molecule has 0 saturated carbocycles. The molecule has 2 aliphatic rings.